The zero-order valence-electron chi connectivity index (χ0n) is 11.8. The Morgan fingerprint density at radius 3 is 2.30 bits per heavy atom. The Labute approximate surface area is 133 Å². The van der Waals surface area contributed by atoms with E-state index in [1.807, 2.05) is 23.6 Å². The first-order chi connectivity index (χ1) is 9.21. The number of hydrogen-bond acceptors (Lipinski definition) is 2. The van der Waals surface area contributed by atoms with Gasteiger partial charge in [0.05, 0.1) is 6.04 Å². The van der Waals surface area contributed by atoms with Crippen molar-refractivity contribution < 1.29 is 0 Å². The molecule has 1 aromatic carbocycles. The van der Waals surface area contributed by atoms with Crippen LogP contribution in [0.1, 0.15) is 45.1 Å². The molecule has 0 bridgehead atoms. The van der Waals surface area contributed by atoms with Gasteiger partial charge in [0.1, 0.15) is 5.82 Å². The fourth-order valence-corrected chi connectivity index (χ4v) is 2.94. The highest BCUT2D eigenvalue weighted by Crippen LogP contribution is 2.33. The van der Waals surface area contributed by atoms with Gasteiger partial charge in [0, 0.05) is 15.5 Å². The molecule has 20 heavy (non-hydrogen) atoms. The van der Waals surface area contributed by atoms with Gasteiger partial charge in [-0.3, -0.25) is 4.57 Å². The molecule has 0 saturated carbocycles. The standard InChI is InChI=1S/C14H16Cl3N3/c1-8(10-6-5-9(15)7-11(10)16)20-12(14(2,3)4)18-19-13(20)17/h5-8H,1-4H3. The van der Waals surface area contributed by atoms with Crippen LogP contribution in [0.3, 0.4) is 0 Å². The summed E-state index contributed by atoms with van der Waals surface area (Å²) in [4.78, 5) is 0. The van der Waals surface area contributed by atoms with E-state index in [-0.39, 0.29) is 11.5 Å². The predicted molar refractivity (Wildman–Crippen MR) is 84.0 cm³/mol. The Morgan fingerprint density at radius 2 is 1.75 bits per heavy atom. The number of benzene rings is 1. The smallest absolute Gasteiger partial charge is 0.225 e. The van der Waals surface area contributed by atoms with Crippen LogP contribution >= 0.6 is 34.8 Å². The van der Waals surface area contributed by atoms with E-state index >= 15 is 0 Å². The Hall–Kier alpha value is -0.770. The van der Waals surface area contributed by atoms with Gasteiger partial charge in [-0.25, -0.2) is 0 Å². The summed E-state index contributed by atoms with van der Waals surface area (Å²) in [6.07, 6.45) is 0. The summed E-state index contributed by atoms with van der Waals surface area (Å²) >= 11 is 18.4. The minimum absolute atomic E-state index is 0.0727. The van der Waals surface area contributed by atoms with Gasteiger partial charge >= 0.3 is 0 Å². The average molecular weight is 333 g/mol. The minimum Gasteiger partial charge on any atom is -0.294 e. The SMILES string of the molecule is CC(c1ccc(Cl)cc1Cl)n1c(Cl)nnc1C(C)(C)C. The van der Waals surface area contributed by atoms with Crippen LogP contribution in [0.4, 0.5) is 0 Å². The van der Waals surface area contributed by atoms with Gasteiger partial charge in [-0.15, -0.1) is 10.2 Å². The molecule has 0 fully saturated rings. The second-order valence-electron chi connectivity index (χ2n) is 5.75. The van der Waals surface area contributed by atoms with Crippen LogP contribution < -0.4 is 0 Å². The summed E-state index contributed by atoms with van der Waals surface area (Å²) in [5, 5.41) is 9.75. The van der Waals surface area contributed by atoms with E-state index in [0.717, 1.165) is 11.4 Å². The number of rotatable bonds is 2. The highest BCUT2D eigenvalue weighted by molar-refractivity contribution is 6.35. The summed E-state index contributed by atoms with van der Waals surface area (Å²) < 4.78 is 1.90. The Morgan fingerprint density at radius 1 is 1.10 bits per heavy atom. The third kappa shape index (κ3) is 2.95. The van der Waals surface area contributed by atoms with E-state index in [1.165, 1.54) is 0 Å². The lowest BCUT2D eigenvalue weighted by Gasteiger charge is -2.24. The van der Waals surface area contributed by atoms with Gasteiger partial charge < -0.3 is 0 Å². The first kappa shape index (κ1) is 15.6. The molecule has 1 heterocycles. The number of aromatic nitrogens is 3. The van der Waals surface area contributed by atoms with Crippen molar-refractivity contribution >= 4 is 34.8 Å². The predicted octanol–water partition coefficient (Wildman–Crippen LogP) is 5.15. The molecule has 2 aromatic rings. The molecular formula is C14H16Cl3N3. The third-order valence-electron chi connectivity index (χ3n) is 3.12. The summed E-state index contributed by atoms with van der Waals surface area (Å²) in [7, 11) is 0. The molecule has 0 aliphatic heterocycles. The minimum atomic E-state index is -0.159. The van der Waals surface area contributed by atoms with Crippen molar-refractivity contribution in [2.45, 2.75) is 39.2 Å². The topological polar surface area (TPSA) is 30.7 Å². The van der Waals surface area contributed by atoms with Gasteiger partial charge in [-0.1, -0.05) is 50.0 Å². The molecule has 0 radical (unpaired) electrons. The lowest BCUT2D eigenvalue weighted by molar-refractivity contribution is 0.481. The average Bonchev–Trinajstić information content (AvgIpc) is 2.70. The van der Waals surface area contributed by atoms with E-state index < -0.39 is 0 Å². The Bertz CT molecular complexity index is 629. The summed E-state index contributed by atoms with van der Waals surface area (Å²) in [6, 6.07) is 5.37. The largest absolute Gasteiger partial charge is 0.294 e. The van der Waals surface area contributed by atoms with Crippen molar-refractivity contribution in [2.24, 2.45) is 0 Å². The van der Waals surface area contributed by atoms with E-state index in [9.17, 15) is 0 Å². The molecule has 1 aromatic heterocycles. The normalized spacial score (nSPS) is 13.6. The van der Waals surface area contributed by atoms with Gasteiger partial charge in [0.15, 0.2) is 0 Å². The maximum absolute atomic E-state index is 6.28. The van der Waals surface area contributed by atoms with E-state index in [0.29, 0.717) is 15.3 Å². The van der Waals surface area contributed by atoms with Gasteiger partial charge in [0.2, 0.25) is 5.28 Å². The molecule has 0 saturated heterocycles. The van der Waals surface area contributed by atoms with Crippen LogP contribution in [-0.2, 0) is 5.41 Å². The fraction of sp³-hybridized carbons (Fsp3) is 0.429. The number of nitrogens with zero attached hydrogens (tertiary/aromatic N) is 3. The van der Waals surface area contributed by atoms with Crippen LogP contribution in [0.5, 0.6) is 0 Å². The molecule has 6 heteroatoms. The summed E-state index contributed by atoms with van der Waals surface area (Å²) in [5.41, 5.74) is 0.774. The molecule has 0 aliphatic rings. The number of hydrogen-bond donors (Lipinski definition) is 0. The highest BCUT2D eigenvalue weighted by Gasteiger charge is 2.27. The molecule has 2 rings (SSSR count). The van der Waals surface area contributed by atoms with Gasteiger partial charge in [-0.2, -0.15) is 0 Å². The number of halogens is 3. The Kier molecular flexibility index (Phi) is 4.33. The van der Waals surface area contributed by atoms with Crippen molar-refractivity contribution in [2.75, 3.05) is 0 Å². The maximum atomic E-state index is 6.28. The van der Waals surface area contributed by atoms with Crippen LogP contribution in [0.2, 0.25) is 15.3 Å². The van der Waals surface area contributed by atoms with Crippen molar-refractivity contribution in [3.05, 3.63) is 44.9 Å². The molecule has 1 unspecified atom stereocenters. The fourth-order valence-electron chi connectivity index (χ4n) is 2.11. The van der Waals surface area contributed by atoms with Crippen molar-refractivity contribution in [1.29, 1.82) is 0 Å². The molecular weight excluding hydrogens is 317 g/mol. The van der Waals surface area contributed by atoms with E-state index in [4.69, 9.17) is 34.8 Å². The van der Waals surface area contributed by atoms with Crippen LogP contribution in [0.25, 0.3) is 0 Å². The summed E-state index contributed by atoms with van der Waals surface area (Å²) in [5.74, 6) is 0.820. The zero-order valence-corrected chi connectivity index (χ0v) is 14.1. The van der Waals surface area contributed by atoms with Crippen molar-refractivity contribution in [1.82, 2.24) is 14.8 Å². The zero-order chi connectivity index (χ0) is 15.1. The molecule has 0 N–H and O–H groups in total. The molecule has 3 nitrogen and oxygen atoms in total. The lowest BCUT2D eigenvalue weighted by atomic mass is 9.95. The van der Waals surface area contributed by atoms with Crippen LogP contribution in [0.15, 0.2) is 18.2 Å². The lowest BCUT2D eigenvalue weighted by Crippen LogP contribution is -2.22. The maximum Gasteiger partial charge on any atom is 0.225 e. The van der Waals surface area contributed by atoms with E-state index in [1.54, 1.807) is 6.07 Å². The van der Waals surface area contributed by atoms with Gasteiger partial charge in [-0.05, 0) is 36.2 Å². The Balaban J connectivity index is 2.54. The molecule has 0 aliphatic carbocycles. The van der Waals surface area contributed by atoms with Crippen molar-refractivity contribution in [3.63, 3.8) is 0 Å². The quantitative estimate of drug-likeness (QED) is 0.762. The molecule has 108 valence electrons. The second-order valence-corrected chi connectivity index (χ2v) is 6.94. The monoisotopic (exact) mass is 331 g/mol. The van der Waals surface area contributed by atoms with Gasteiger partial charge in [0.25, 0.3) is 0 Å². The first-order valence-electron chi connectivity index (χ1n) is 6.27. The molecule has 1 atom stereocenters. The summed E-state index contributed by atoms with van der Waals surface area (Å²) in [6.45, 7) is 8.22. The molecule has 0 amide bonds. The van der Waals surface area contributed by atoms with Crippen LogP contribution in [-0.4, -0.2) is 14.8 Å². The molecule has 0 spiro atoms. The van der Waals surface area contributed by atoms with Crippen LogP contribution in [0, 0.1) is 0 Å². The van der Waals surface area contributed by atoms with Crippen molar-refractivity contribution in [3.8, 4) is 0 Å². The highest BCUT2D eigenvalue weighted by atomic mass is 35.5. The first-order valence-corrected chi connectivity index (χ1v) is 7.41. The van der Waals surface area contributed by atoms with E-state index in [2.05, 4.69) is 31.0 Å². The third-order valence-corrected chi connectivity index (χ3v) is 3.95. The second kappa shape index (κ2) is 5.55.